The molecule has 1 atom stereocenters. The fraction of sp³-hybridized carbons (Fsp3) is 0.286. The predicted octanol–water partition coefficient (Wildman–Crippen LogP) is 1.55. The second kappa shape index (κ2) is 4.69. The molecule has 0 fully saturated rings. The van der Waals surface area contributed by atoms with E-state index in [0.29, 0.717) is 28.3 Å². The molecule has 3 rings (SSSR count). The summed E-state index contributed by atoms with van der Waals surface area (Å²) in [4.78, 5) is 25.5. The minimum absolute atomic E-state index is 0.257. The minimum atomic E-state index is -0.531. The van der Waals surface area contributed by atoms with E-state index >= 15 is 0 Å². The largest absolute Gasteiger partial charge is 0.493 e. The lowest BCUT2D eigenvalue weighted by Gasteiger charge is -2.33. The highest BCUT2D eigenvalue weighted by molar-refractivity contribution is 5.76. The number of aromatic amines is 2. The molecule has 7 heteroatoms. The molecule has 0 aliphatic carbocycles. The number of fused-ring (bicyclic) bond motifs is 1. The third-order valence-corrected chi connectivity index (χ3v) is 3.67. The number of rotatable bonds is 2. The molecule has 2 aromatic rings. The summed E-state index contributed by atoms with van der Waals surface area (Å²) in [6.45, 7) is 1.78. The molecule has 1 aliphatic rings. The first-order chi connectivity index (χ1) is 10.0. The van der Waals surface area contributed by atoms with Gasteiger partial charge in [0.2, 0.25) is 0 Å². The van der Waals surface area contributed by atoms with Gasteiger partial charge < -0.3 is 14.6 Å². The Hall–Kier alpha value is -2.70. The molecule has 7 nitrogen and oxygen atoms in total. The smallest absolute Gasteiger partial charge is 0.415 e. The first kappa shape index (κ1) is 13.3. The van der Waals surface area contributed by atoms with Gasteiger partial charge in [0, 0.05) is 18.3 Å². The predicted molar refractivity (Wildman–Crippen MR) is 74.8 cm³/mol. The highest BCUT2D eigenvalue weighted by Crippen LogP contribution is 2.43. The number of nitrogens with zero attached hydrogens (tertiary/aromatic N) is 1. The number of nitrogens with one attached hydrogen (secondary N) is 2. The Morgan fingerprint density at radius 3 is 2.67 bits per heavy atom. The maximum Gasteiger partial charge on any atom is 0.415 e. The third kappa shape index (κ3) is 1.89. The van der Waals surface area contributed by atoms with Crippen molar-refractivity contribution in [3.63, 3.8) is 0 Å². The average Bonchev–Trinajstić information content (AvgIpc) is 2.80. The number of carbonyl (C=O) groups excluding carboxylic acids is 1. The molecule has 1 aromatic carbocycles. The van der Waals surface area contributed by atoms with Crippen LogP contribution in [-0.2, 0) is 0 Å². The summed E-state index contributed by atoms with van der Waals surface area (Å²) in [5.41, 5.74) is 1.63. The first-order valence-corrected chi connectivity index (χ1v) is 6.43. The zero-order valence-electron chi connectivity index (χ0n) is 11.9. The molecule has 2 heterocycles. The highest BCUT2D eigenvalue weighted by Gasteiger charge is 2.37. The number of H-pyrrole nitrogens is 2. The van der Waals surface area contributed by atoms with Gasteiger partial charge in [0.25, 0.3) is 5.56 Å². The Morgan fingerprint density at radius 2 is 2.05 bits per heavy atom. The number of para-hydroxylation sites is 1. The number of benzene rings is 1. The van der Waals surface area contributed by atoms with Crippen LogP contribution in [0.25, 0.3) is 0 Å². The van der Waals surface area contributed by atoms with Gasteiger partial charge in [0.05, 0.1) is 18.7 Å². The quantitative estimate of drug-likeness (QED) is 0.878. The fourth-order valence-corrected chi connectivity index (χ4v) is 2.63. The van der Waals surface area contributed by atoms with Crippen LogP contribution in [-0.4, -0.2) is 35.3 Å². The Balaban J connectivity index is 2.27. The number of ether oxygens (including phenoxy) is 2. The van der Waals surface area contributed by atoms with E-state index < -0.39 is 12.1 Å². The Bertz CT molecular complexity index is 762. The number of amides is 1. The average molecular weight is 289 g/mol. The molecule has 110 valence electrons. The van der Waals surface area contributed by atoms with Crippen molar-refractivity contribution in [1.29, 1.82) is 0 Å². The molecular weight excluding hydrogens is 274 g/mol. The Morgan fingerprint density at radius 1 is 1.29 bits per heavy atom. The van der Waals surface area contributed by atoms with Crippen LogP contribution in [0.1, 0.15) is 22.9 Å². The molecule has 1 aliphatic heterocycles. The summed E-state index contributed by atoms with van der Waals surface area (Å²) < 4.78 is 10.5. The van der Waals surface area contributed by atoms with Crippen LogP contribution in [0.15, 0.2) is 23.0 Å². The molecule has 1 unspecified atom stereocenters. The van der Waals surface area contributed by atoms with Crippen molar-refractivity contribution in [3.8, 4) is 11.5 Å². The summed E-state index contributed by atoms with van der Waals surface area (Å²) in [6, 6.07) is 4.81. The van der Waals surface area contributed by atoms with E-state index in [1.807, 2.05) is 6.07 Å². The van der Waals surface area contributed by atoms with Gasteiger partial charge in [-0.2, -0.15) is 0 Å². The van der Waals surface area contributed by atoms with Crippen LogP contribution in [0.2, 0.25) is 0 Å². The van der Waals surface area contributed by atoms with Gasteiger partial charge in [-0.25, -0.2) is 4.79 Å². The zero-order chi connectivity index (χ0) is 15.1. The van der Waals surface area contributed by atoms with Crippen molar-refractivity contribution in [2.24, 2.45) is 0 Å². The number of aryl methyl sites for hydroxylation is 1. The van der Waals surface area contributed by atoms with Gasteiger partial charge in [-0.05, 0) is 13.0 Å². The van der Waals surface area contributed by atoms with Crippen molar-refractivity contribution >= 4 is 6.09 Å². The van der Waals surface area contributed by atoms with Crippen molar-refractivity contribution in [1.82, 2.24) is 15.1 Å². The summed E-state index contributed by atoms with van der Waals surface area (Å²) in [5, 5.41) is 5.32. The van der Waals surface area contributed by atoms with E-state index in [1.54, 1.807) is 26.1 Å². The molecule has 2 N–H and O–H groups in total. The monoisotopic (exact) mass is 289 g/mol. The normalized spacial score (nSPS) is 17.4. The van der Waals surface area contributed by atoms with E-state index in [1.165, 1.54) is 12.0 Å². The Labute approximate surface area is 120 Å². The van der Waals surface area contributed by atoms with Crippen LogP contribution < -0.4 is 15.0 Å². The molecule has 1 aromatic heterocycles. The van der Waals surface area contributed by atoms with Crippen molar-refractivity contribution in [2.75, 3.05) is 14.2 Å². The van der Waals surface area contributed by atoms with Gasteiger partial charge >= 0.3 is 6.09 Å². The molecule has 0 spiro atoms. The number of methoxy groups -OCH3 is 1. The minimum Gasteiger partial charge on any atom is -0.493 e. The lowest BCUT2D eigenvalue weighted by molar-refractivity contribution is 0.137. The lowest BCUT2D eigenvalue weighted by Crippen LogP contribution is -2.40. The van der Waals surface area contributed by atoms with E-state index in [0.717, 1.165) is 0 Å². The van der Waals surface area contributed by atoms with Gasteiger partial charge in [0.1, 0.15) is 0 Å². The first-order valence-electron chi connectivity index (χ1n) is 6.43. The van der Waals surface area contributed by atoms with Crippen LogP contribution in [0.5, 0.6) is 11.5 Å². The second-order valence-corrected chi connectivity index (χ2v) is 4.88. The van der Waals surface area contributed by atoms with E-state index in [4.69, 9.17) is 9.47 Å². The second-order valence-electron chi connectivity index (χ2n) is 4.88. The summed E-state index contributed by atoms with van der Waals surface area (Å²) >= 11 is 0. The molecule has 0 saturated carbocycles. The van der Waals surface area contributed by atoms with Gasteiger partial charge in [-0.15, -0.1) is 0 Å². The lowest BCUT2D eigenvalue weighted by atomic mass is 9.96. The molecule has 0 radical (unpaired) electrons. The van der Waals surface area contributed by atoms with Gasteiger partial charge in [0.15, 0.2) is 11.5 Å². The summed E-state index contributed by atoms with van der Waals surface area (Å²) in [6.07, 6.45) is -0.531. The van der Waals surface area contributed by atoms with E-state index in [2.05, 4.69) is 10.2 Å². The van der Waals surface area contributed by atoms with Crippen molar-refractivity contribution in [2.45, 2.75) is 13.0 Å². The van der Waals surface area contributed by atoms with Crippen molar-refractivity contribution < 1.29 is 14.3 Å². The molecule has 0 saturated heterocycles. The molecule has 1 amide bonds. The van der Waals surface area contributed by atoms with Crippen molar-refractivity contribution in [3.05, 3.63) is 45.4 Å². The van der Waals surface area contributed by atoms with Crippen LogP contribution in [0, 0.1) is 6.92 Å². The molecular formula is C14H15N3O4. The van der Waals surface area contributed by atoms with Crippen LogP contribution >= 0.6 is 0 Å². The highest BCUT2D eigenvalue weighted by atomic mass is 16.6. The Kier molecular flexibility index (Phi) is 2.97. The fourth-order valence-electron chi connectivity index (χ4n) is 2.63. The summed E-state index contributed by atoms with van der Waals surface area (Å²) in [5.74, 6) is 0.816. The van der Waals surface area contributed by atoms with E-state index in [9.17, 15) is 9.59 Å². The van der Waals surface area contributed by atoms with Crippen LogP contribution in [0.3, 0.4) is 0 Å². The number of hydrogen-bond donors (Lipinski definition) is 2. The number of hydrogen-bond acceptors (Lipinski definition) is 4. The molecule has 0 bridgehead atoms. The van der Waals surface area contributed by atoms with Crippen LogP contribution in [0.4, 0.5) is 4.79 Å². The SMILES string of the molecule is COc1cccc2c1OC(=O)N(C)C2c1c(C)[nH][nH]c1=O. The summed E-state index contributed by atoms with van der Waals surface area (Å²) in [7, 11) is 3.10. The topological polar surface area (TPSA) is 87.4 Å². The third-order valence-electron chi connectivity index (χ3n) is 3.67. The maximum atomic E-state index is 12.1. The zero-order valence-corrected chi connectivity index (χ0v) is 11.9. The number of aromatic nitrogens is 2. The standard InChI is InChI=1S/C14H15N3O4/c1-7-10(13(18)16-15-7)11-8-5-4-6-9(20-3)12(8)21-14(19)17(11)2/h4-6,11H,1-3H3,(H2,15,16,18). The maximum absolute atomic E-state index is 12.1. The van der Waals surface area contributed by atoms with E-state index in [-0.39, 0.29) is 5.56 Å². The number of carbonyl (C=O) groups is 1. The van der Waals surface area contributed by atoms with Gasteiger partial charge in [-0.3, -0.25) is 14.8 Å². The molecule has 21 heavy (non-hydrogen) atoms. The van der Waals surface area contributed by atoms with Gasteiger partial charge in [-0.1, -0.05) is 12.1 Å².